The summed E-state index contributed by atoms with van der Waals surface area (Å²) in [6.45, 7) is 8.79. The quantitative estimate of drug-likeness (QED) is 0.385. The lowest BCUT2D eigenvalue weighted by Crippen LogP contribution is -2.40. The second-order valence-electron chi connectivity index (χ2n) is 8.68. The van der Waals surface area contributed by atoms with Crippen molar-refractivity contribution >= 4 is 0 Å². The predicted molar refractivity (Wildman–Crippen MR) is 132 cm³/mol. The molecule has 34 heavy (non-hydrogen) atoms. The number of rotatable bonds is 9. The van der Waals surface area contributed by atoms with E-state index in [2.05, 4.69) is 45.4 Å². The van der Waals surface area contributed by atoms with E-state index < -0.39 is 0 Å². The highest BCUT2D eigenvalue weighted by Gasteiger charge is 2.11. The standard InChI is InChI=1S/C27H31N5O2/c1-21-3-4-22(19-28-10-12-31-13-15-33-16-14-31)17-24(21)18-27-29-20-26(34-27)23-5-7-25(8-6-23)32-11-2-9-30-32/h2-9,11,17,20,28H,10,12-16,18-19H2,1H3. The van der Waals surface area contributed by atoms with Crippen LogP contribution in [0.15, 0.2) is 71.5 Å². The van der Waals surface area contributed by atoms with Gasteiger partial charge in [0.1, 0.15) is 0 Å². The van der Waals surface area contributed by atoms with E-state index in [1.165, 1.54) is 16.7 Å². The number of benzene rings is 2. The largest absolute Gasteiger partial charge is 0.440 e. The van der Waals surface area contributed by atoms with Crippen molar-refractivity contribution in [1.29, 1.82) is 0 Å². The summed E-state index contributed by atoms with van der Waals surface area (Å²) in [5, 5.41) is 7.84. The Morgan fingerprint density at radius 2 is 1.91 bits per heavy atom. The number of morpholine rings is 1. The van der Waals surface area contributed by atoms with Crippen molar-refractivity contribution in [2.45, 2.75) is 19.9 Å². The molecule has 7 nitrogen and oxygen atoms in total. The molecule has 2 aromatic carbocycles. The van der Waals surface area contributed by atoms with Crippen LogP contribution in [-0.2, 0) is 17.7 Å². The van der Waals surface area contributed by atoms with Gasteiger partial charge in [0.25, 0.3) is 0 Å². The van der Waals surface area contributed by atoms with E-state index >= 15 is 0 Å². The monoisotopic (exact) mass is 457 g/mol. The van der Waals surface area contributed by atoms with Crippen molar-refractivity contribution in [3.63, 3.8) is 0 Å². The molecule has 4 aromatic rings. The van der Waals surface area contributed by atoms with Crippen LogP contribution >= 0.6 is 0 Å². The van der Waals surface area contributed by atoms with Crippen LogP contribution in [0.5, 0.6) is 0 Å². The molecule has 1 N–H and O–H groups in total. The Hall–Kier alpha value is -3.26. The van der Waals surface area contributed by atoms with Crippen LogP contribution in [0.1, 0.15) is 22.6 Å². The Kier molecular flexibility index (Phi) is 7.14. The zero-order valence-electron chi connectivity index (χ0n) is 19.6. The van der Waals surface area contributed by atoms with Crippen LogP contribution in [0.25, 0.3) is 17.0 Å². The van der Waals surface area contributed by atoms with Gasteiger partial charge in [-0.25, -0.2) is 9.67 Å². The second kappa shape index (κ2) is 10.8. The summed E-state index contributed by atoms with van der Waals surface area (Å²) >= 11 is 0. The first-order chi connectivity index (χ1) is 16.7. The third-order valence-corrected chi connectivity index (χ3v) is 6.27. The van der Waals surface area contributed by atoms with Crippen LogP contribution in [-0.4, -0.2) is 59.1 Å². The van der Waals surface area contributed by atoms with Gasteiger partial charge in [0, 0.05) is 57.1 Å². The van der Waals surface area contributed by atoms with Crippen molar-refractivity contribution in [1.82, 2.24) is 25.0 Å². The number of nitrogens with zero attached hydrogens (tertiary/aromatic N) is 4. The predicted octanol–water partition coefficient (Wildman–Crippen LogP) is 3.85. The Morgan fingerprint density at radius 3 is 2.71 bits per heavy atom. The first-order valence-corrected chi connectivity index (χ1v) is 11.9. The van der Waals surface area contributed by atoms with Gasteiger partial charge in [-0.2, -0.15) is 5.10 Å². The molecule has 0 radical (unpaired) electrons. The number of ether oxygens (including phenoxy) is 1. The Labute approximate surface area is 200 Å². The normalized spacial score (nSPS) is 14.5. The smallest absolute Gasteiger partial charge is 0.199 e. The Balaban J connectivity index is 1.18. The summed E-state index contributed by atoms with van der Waals surface area (Å²) in [6, 6.07) is 16.7. The minimum atomic E-state index is 0.679. The molecule has 0 atom stereocenters. The first kappa shape index (κ1) is 22.5. The molecule has 7 heteroatoms. The van der Waals surface area contributed by atoms with Gasteiger partial charge in [-0.1, -0.05) is 18.2 Å². The number of nitrogens with one attached hydrogen (secondary N) is 1. The maximum Gasteiger partial charge on any atom is 0.199 e. The van der Waals surface area contributed by atoms with E-state index in [9.17, 15) is 0 Å². The topological polar surface area (TPSA) is 68.3 Å². The summed E-state index contributed by atoms with van der Waals surface area (Å²) in [7, 11) is 0. The van der Waals surface area contributed by atoms with E-state index in [1.54, 1.807) is 6.20 Å². The highest BCUT2D eigenvalue weighted by molar-refractivity contribution is 5.58. The van der Waals surface area contributed by atoms with Crippen molar-refractivity contribution in [3.8, 4) is 17.0 Å². The van der Waals surface area contributed by atoms with Gasteiger partial charge in [0.05, 0.1) is 25.1 Å². The first-order valence-electron chi connectivity index (χ1n) is 11.9. The molecule has 0 spiro atoms. The molecule has 0 aliphatic carbocycles. The number of aromatic nitrogens is 3. The summed E-state index contributed by atoms with van der Waals surface area (Å²) in [5.74, 6) is 1.51. The van der Waals surface area contributed by atoms with Crippen LogP contribution in [0.3, 0.4) is 0 Å². The van der Waals surface area contributed by atoms with Crippen LogP contribution < -0.4 is 5.32 Å². The Bertz CT molecular complexity index is 1180. The second-order valence-corrected chi connectivity index (χ2v) is 8.68. The summed E-state index contributed by atoms with van der Waals surface area (Å²) < 4.78 is 13.4. The van der Waals surface area contributed by atoms with E-state index in [1.807, 2.05) is 47.4 Å². The van der Waals surface area contributed by atoms with Crippen molar-refractivity contribution < 1.29 is 9.15 Å². The van der Waals surface area contributed by atoms with Gasteiger partial charge in [-0.05, 0) is 53.9 Å². The fourth-order valence-corrected chi connectivity index (χ4v) is 4.21. The minimum absolute atomic E-state index is 0.679. The van der Waals surface area contributed by atoms with Crippen molar-refractivity contribution in [2.75, 3.05) is 39.4 Å². The lowest BCUT2D eigenvalue weighted by molar-refractivity contribution is 0.0384. The Morgan fingerprint density at radius 1 is 1.06 bits per heavy atom. The van der Waals surface area contributed by atoms with Gasteiger partial charge >= 0.3 is 0 Å². The van der Waals surface area contributed by atoms with Crippen LogP contribution in [0.2, 0.25) is 0 Å². The molecular weight excluding hydrogens is 426 g/mol. The molecule has 0 amide bonds. The van der Waals surface area contributed by atoms with Gasteiger partial charge < -0.3 is 14.5 Å². The van der Waals surface area contributed by atoms with Gasteiger partial charge in [-0.3, -0.25) is 4.90 Å². The fraction of sp³-hybridized carbons (Fsp3) is 0.333. The molecule has 0 unspecified atom stereocenters. The summed E-state index contributed by atoms with van der Waals surface area (Å²) in [4.78, 5) is 6.99. The maximum atomic E-state index is 6.10. The third kappa shape index (κ3) is 5.62. The highest BCUT2D eigenvalue weighted by Crippen LogP contribution is 2.24. The van der Waals surface area contributed by atoms with E-state index in [-0.39, 0.29) is 0 Å². The SMILES string of the molecule is Cc1ccc(CNCCN2CCOCC2)cc1Cc1ncc(-c2ccc(-n3cccn3)cc2)o1. The van der Waals surface area contributed by atoms with Crippen LogP contribution in [0.4, 0.5) is 0 Å². The molecular formula is C27H31N5O2. The summed E-state index contributed by atoms with van der Waals surface area (Å²) in [5.41, 5.74) is 5.79. The number of oxazole rings is 1. The molecule has 2 aromatic heterocycles. The maximum absolute atomic E-state index is 6.10. The van der Waals surface area contributed by atoms with Gasteiger partial charge in [-0.15, -0.1) is 0 Å². The van der Waals surface area contributed by atoms with Crippen LogP contribution in [0, 0.1) is 6.92 Å². The average molecular weight is 458 g/mol. The average Bonchev–Trinajstić information content (AvgIpc) is 3.57. The lowest BCUT2D eigenvalue weighted by Gasteiger charge is -2.26. The van der Waals surface area contributed by atoms with Gasteiger partial charge in [0.15, 0.2) is 11.7 Å². The molecule has 1 fully saturated rings. The van der Waals surface area contributed by atoms with Gasteiger partial charge in [0.2, 0.25) is 0 Å². The molecule has 1 saturated heterocycles. The molecule has 5 rings (SSSR count). The summed E-state index contributed by atoms with van der Waals surface area (Å²) in [6.07, 6.45) is 6.19. The lowest BCUT2D eigenvalue weighted by atomic mass is 10.0. The van der Waals surface area contributed by atoms with Crippen molar-refractivity contribution in [2.24, 2.45) is 0 Å². The zero-order chi connectivity index (χ0) is 23.2. The molecule has 1 aliphatic heterocycles. The molecule has 0 bridgehead atoms. The molecule has 176 valence electrons. The minimum Gasteiger partial charge on any atom is -0.440 e. The molecule has 0 saturated carbocycles. The highest BCUT2D eigenvalue weighted by atomic mass is 16.5. The third-order valence-electron chi connectivity index (χ3n) is 6.27. The van der Waals surface area contributed by atoms with E-state index in [4.69, 9.17) is 9.15 Å². The molecule has 3 heterocycles. The number of hydrogen-bond donors (Lipinski definition) is 1. The van der Waals surface area contributed by atoms with E-state index in [0.717, 1.165) is 68.8 Å². The molecule has 1 aliphatic rings. The zero-order valence-corrected chi connectivity index (χ0v) is 19.6. The van der Waals surface area contributed by atoms with E-state index in [0.29, 0.717) is 6.42 Å². The number of aryl methyl sites for hydroxylation is 1. The number of hydrogen-bond acceptors (Lipinski definition) is 6. The van der Waals surface area contributed by atoms with Crippen molar-refractivity contribution in [3.05, 3.63) is 89.7 Å². The fourth-order valence-electron chi connectivity index (χ4n) is 4.21.